The summed E-state index contributed by atoms with van der Waals surface area (Å²) in [6.07, 6.45) is 5.11. The number of rotatable bonds is 7. The molecule has 1 heterocycles. The van der Waals surface area contributed by atoms with Crippen LogP contribution in [0.1, 0.15) is 58.8 Å². The molecule has 2 fully saturated rings. The van der Waals surface area contributed by atoms with Crippen LogP contribution < -0.4 is 5.73 Å². The fourth-order valence-corrected chi connectivity index (χ4v) is 3.72. The zero-order valence-corrected chi connectivity index (χ0v) is 16.7. The Balaban J connectivity index is 2.05. The molecule has 1 saturated carbocycles. The van der Waals surface area contributed by atoms with E-state index in [9.17, 15) is 14.7 Å². The molecular formula is C20H34N4O3. The highest BCUT2D eigenvalue weighted by atomic mass is 16.3. The quantitative estimate of drug-likeness (QED) is 0.655. The molecule has 0 aromatic heterocycles. The van der Waals surface area contributed by atoms with E-state index in [0.29, 0.717) is 25.9 Å². The molecule has 3 N–H and O–H groups in total. The van der Waals surface area contributed by atoms with Gasteiger partial charge in [0.05, 0.1) is 6.10 Å². The van der Waals surface area contributed by atoms with E-state index in [1.165, 1.54) is 0 Å². The maximum Gasteiger partial charge on any atom is 0.270 e. The van der Waals surface area contributed by atoms with Gasteiger partial charge < -0.3 is 20.6 Å². The summed E-state index contributed by atoms with van der Waals surface area (Å²) < 4.78 is 0. The maximum atomic E-state index is 12.7. The van der Waals surface area contributed by atoms with Gasteiger partial charge in [-0.15, -0.1) is 0 Å². The van der Waals surface area contributed by atoms with Gasteiger partial charge in [-0.1, -0.05) is 13.8 Å². The molecule has 0 aromatic carbocycles. The second-order valence-corrected chi connectivity index (χ2v) is 7.41. The summed E-state index contributed by atoms with van der Waals surface area (Å²) in [7, 11) is 0. The van der Waals surface area contributed by atoms with Gasteiger partial charge in [-0.25, -0.2) is 0 Å². The lowest BCUT2D eigenvalue weighted by atomic mass is 10.1. The number of likely N-dealkylation sites (tertiary alicyclic amines) is 1. The number of aliphatic hydroxyl groups excluding tert-OH is 1. The molecule has 27 heavy (non-hydrogen) atoms. The molecule has 1 saturated heterocycles. The van der Waals surface area contributed by atoms with Crippen molar-refractivity contribution in [1.29, 1.82) is 0 Å². The number of nitrogens with zero attached hydrogens (tertiary/aromatic N) is 3. The number of carbonyl (C=O) groups is 2. The molecule has 1 aliphatic heterocycles. The van der Waals surface area contributed by atoms with Gasteiger partial charge >= 0.3 is 0 Å². The van der Waals surface area contributed by atoms with Crippen molar-refractivity contribution in [2.75, 3.05) is 32.7 Å². The summed E-state index contributed by atoms with van der Waals surface area (Å²) in [4.78, 5) is 33.2. The summed E-state index contributed by atoms with van der Waals surface area (Å²) in [5.74, 6) is -0.135. The second kappa shape index (κ2) is 10.4. The van der Waals surface area contributed by atoms with Crippen molar-refractivity contribution in [3.63, 3.8) is 0 Å². The largest absolute Gasteiger partial charge is 0.394 e. The number of piperidine rings is 1. The predicted octanol–water partition coefficient (Wildman–Crippen LogP) is 1.46. The molecule has 2 rings (SSSR count). The monoisotopic (exact) mass is 378 g/mol. The van der Waals surface area contributed by atoms with E-state index in [1.807, 2.05) is 4.90 Å². The summed E-state index contributed by atoms with van der Waals surface area (Å²) >= 11 is 0. The highest BCUT2D eigenvalue weighted by molar-refractivity contribution is 6.09. The zero-order chi connectivity index (χ0) is 19.8. The van der Waals surface area contributed by atoms with E-state index < -0.39 is 0 Å². The van der Waals surface area contributed by atoms with E-state index in [2.05, 4.69) is 18.8 Å². The molecule has 0 atom stereocenters. The first-order chi connectivity index (χ1) is 13.0. The summed E-state index contributed by atoms with van der Waals surface area (Å²) in [6, 6.07) is 0. The lowest BCUT2D eigenvalue weighted by Crippen LogP contribution is -2.42. The molecule has 0 spiro atoms. The Labute approximate surface area is 162 Å². The van der Waals surface area contributed by atoms with E-state index in [0.717, 1.165) is 56.5 Å². The second-order valence-electron chi connectivity index (χ2n) is 7.41. The Hall–Kier alpha value is -1.89. The minimum absolute atomic E-state index is 0.0346. The maximum absolute atomic E-state index is 12.7. The smallest absolute Gasteiger partial charge is 0.270 e. The van der Waals surface area contributed by atoms with Crippen molar-refractivity contribution in [2.24, 2.45) is 10.7 Å². The Morgan fingerprint density at radius 3 is 2.41 bits per heavy atom. The lowest BCUT2D eigenvalue weighted by Gasteiger charge is -2.30. The minimum atomic E-state index is -0.327. The third-order valence-electron chi connectivity index (χ3n) is 5.24. The van der Waals surface area contributed by atoms with Crippen LogP contribution in [0.25, 0.3) is 0 Å². The third kappa shape index (κ3) is 5.79. The third-order valence-corrected chi connectivity index (χ3v) is 5.24. The number of nitrogens with two attached hydrogens (primary N) is 1. The van der Waals surface area contributed by atoms with Gasteiger partial charge in [0.25, 0.3) is 5.91 Å². The van der Waals surface area contributed by atoms with E-state index in [-0.39, 0.29) is 30.2 Å². The molecule has 7 nitrogen and oxygen atoms in total. The molecule has 152 valence electrons. The van der Waals surface area contributed by atoms with Crippen LogP contribution in [0.15, 0.2) is 16.3 Å². The number of hydrogen-bond donors (Lipinski definition) is 2. The van der Waals surface area contributed by atoms with Crippen molar-refractivity contribution in [1.82, 2.24) is 9.80 Å². The van der Waals surface area contributed by atoms with Gasteiger partial charge in [-0.05, 0) is 44.9 Å². The highest BCUT2D eigenvalue weighted by Gasteiger charge is 2.27. The Bertz CT molecular complexity index is 586. The van der Waals surface area contributed by atoms with Crippen LogP contribution in [0, 0.1) is 0 Å². The van der Waals surface area contributed by atoms with Crippen LogP contribution in [0.3, 0.4) is 0 Å². The van der Waals surface area contributed by atoms with E-state index in [4.69, 9.17) is 5.73 Å². The Morgan fingerprint density at radius 2 is 1.81 bits per heavy atom. The number of hydrogen-bond acceptors (Lipinski definition) is 5. The van der Waals surface area contributed by atoms with Crippen molar-refractivity contribution in [3.05, 3.63) is 11.3 Å². The molecular weight excluding hydrogens is 344 g/mol. The first-order valence-electron chi connectivity index (χ1n) is 10.2. The van der Waals surface area contributed by atoms with Crippen molar-refractivity contribution in [2.45, 2.75) is 64.9 Å². The number of allylic oxidation sites excluding steroid dienone is 1. The zero-order valence-electron chi connectivity index (χ0n) is 16.7. The van der Waals surface area contributed by atoms with Crippen LogP contribution >= 0.6 is 0 Å². The van der Waals surface area contributed by atoms with Gasteiger partial charge in [0.1, 0.15) is 12.2 Å². The van der Waals surface area contributed by atoms with Crippen molar-refractivity contribution in [3.8, 4) is 0 Å². The van der Waals surface area contributed by atoms with Crippen LogP contribution in [0.5, 0.6) is 0 Å². The number of aliphatic hydroxyl groups is 1. The molecule has 7 heteroatoms. The fraction of sp³-hybridized carbons (Fsp3) is 0.750. The van der Waals surface area contributed by atoms with Crippen LogP contribution in [-0.2, 0) is 9.59 Å². The first-order valence-corrected chi connectivity index (χ1v) is 10.2. The minimum Gasteiger partial charge on any atom is -0.394 e. The Kier molecular flexibility index (Phi) is 8.28. The predicted molar refractivity (Wildman–Crippen MR) is 106 cm³/mol. The average Bonchev–Trinajstić information content (AvgIpc) is 3.14. The van der Waals surface area contributed by atoms with E-state index in [1.54, 1.807) is 4.90 Å². The average molecular weight is 379 g/mol. The molecule has 2 amide bonds. The number of amides is 2. The SMILES string of the molecule is CCCN(CCC)C(=O)CN=C1CCC/C1=C(/N)C(=O)N1CCC(O)CC1. The topological polar surface area (TPSA) is 99.2 Å². The summed E-state index contributed by atoms with van der Waals surface area (Å²) in [6.45, 7) is 6.81. The number of aliphatic imine (C=N–C) groups is 1. The lowest BCUT2D eigenvalue weighted by molar-refractivity contribution is -0.130. The normalized spacial score (nSPS) is 21.6. The molecule has 0 bridgehead atoms. The van der Waals surface area contributed by atoms with Gasteiger partial charge in [-0.2, -0.15) is 0 Å². The molecule has 0 aromatic rings. The van der Waals surface area contributed by atoms with E-state index >= 15 is 0 Å². The molecule has 2 aliphatic rings. The Morgan fingerprint density at radius 1 is 1.19 bits per heavy atom. The standard InChI is InChI=1S/C20H34N4O3/c1-3-10-23(11-4-2)18(26)14-22-17-7-5-6-16(17)19(21)20(27)24-12-8-15(25)9-13-24/h15,25H,3-14,21H2,1-2H3/b19-16-,22-17?. The first kappa shape index (κ1) is 21.4. The summed E-state index contributed by atoms with van der Waals surface area (Å²) in [5, 5.41) is 9.61. The molecule has 1 aliphatic carbocycles. The van der Waals surface area contributed by atoms with Crippen molar-refractivity contribution >= 4 is 17.5 Å². The van der Waals surface area contributed by atoms with Crippen LogP contribution in [0.4, 0.5) is 0 Å². The van der Waals surface area contributed by atoms with Gasteiger partial charge in [0.15, 0.2) is 0 Å². The summed E-state index contributed by atoms with van der Waals surface area (Å²) in [5.41, 5.74) is 8.06. The van der Waals surface area contributed by atoms with Crippen LogP contribution in [-0.4, -0.2) is 71.3 Å². The molecule has 0 unspecified atom stereocenters. The van der Waals surface area contributed by atoms with Gasteiger partial charge in [0, 0.05) is 37.5 Å². The van der Waals surface area contributed by atoms with Gasteiger partial charge in [-0.3, -0.25) is 14.6 Å². The van der Waals surface area contributed by atoms with Gasteiger partial charge in [0.2, 0.25) is 5.91 Å². The molecule has 0 radical (unpaired) electrons. The van der Waals surface area contributed by atoms with Crippen LogP contribution in [0.2, 0.25) is 0 Å². The number of carbonyl (C=O) groups excluding carboxylic acids is 2. The highest BCUT2D eigenvalue weighted by Crippen LogP contribution is 2.25. The van der Waals surface area contributed by atoms with Crippen molar-refractivity contribution < 1.29 is 14.7 Å². The fourth-order valence-electron chi connectivity index (χ4n) is 3.72.